The Kier molecular flexibility index (Phi) is 8.49. The Morgan fingerprint density at radius 1 is 0.732 bits per heavy atom. The highest BCUT2D eigenvalue weighted by molar-refractivity contribution is 6.00. The van der Waals surface area contributed by atoms with Gasteiger partial charge in [-0.15, -0.1) is 0 Å². The van der Waals surface area contributed by atoms with Gasteiger partial charge in [-0.2, -0.15) is 0 Å². The highest BCUT2D eigenvalue weighted by Crippen LogP contribution is 2.37. The fourth-order valence-electron chi connectivity index (χ4n) is 7.13. The molecule has 3 aromatic carbocycles. The lowest BCUT2D eigenvalue weighted by atomic mass is 9.79. The highest BCUT2D eigenvalue weighted by atomic mass is 16.2. The Morgan fingerprint density at radius 2 is 1.34 bits per heavy atom. The van der Waals surface area contributed by atoms with Crippen LogP contribution in [-0.4, -0.2) is 76.9 Å². The number of hydrogen-bond donors (Lipinski definition) is 1. The van der Waals surface area contributed by atoms with E-state index < -0.39 is 11.6 Å². The second kappa shape index (κ2) is 12.6. The van der Waals surface area contributed by atoms with Crippen LogP contribution in [0.1, 0.15) is 42.4 Å². The summed E-state index contributed by atoms with van der Waals surface area (Å²) in [5.74, 6) is 0.140. The minimum absolute atomic E-state index is 0.0449. The molecule has 6 heteroatoms. The van der Waals surface area contributed by atoms with Crippen LogP contribution in [0.5, 0.6) is 0 Å². The zero-order valence-corrected chi connectivity index (χ0v) is 24.0. The number of carbonyl (C=O) groups excluding carboxylic acids is 2. The minimum Gasteiger partial charge on any atom is -0.342 e. The van der Waals surface area contributed by atoms with E-state index in [1.165, 1.54) is 11.1 Å². The molecule has 6 nitrogen and oxygen atoms in total. The first-order valence-corrected chi connectivity index (χ1v) is 15.3. The van der Waals surface area contributed by atoms with E-state index in [-0.39, 0.29) is 17.9 Å². The van der Waals surface area contributed by atoms with Crippen molar-refractivity contribution in [3.05, 3.63) is 108 Å². The number of carbonyl (C=O) groups is 2. The van der Waals surface area contributed by atoms with Crippen LogP contribution in [0.25, 0.3) is 0 Å². The molecule has 3 fully saturated rings. The van der Waals surface area contributed by atoms with Gasteiger partial charge in [0.1, 0.15) is 11.6 Å². The van der Waals surface area contributed by atoms with Crippen molar-refractivity contribution in [3.8, 4) is 0 Å². The van der Waals surface area contributed by atoms with Gasteiger partial charge in [-0.05, 0) is 55.3 Å². The van der Waals surface area contributed by atoms with Gasteiger partial charge in [0.25, 0.3) is 0 Å². The van der Waals surface area contributed by atoms with Crippen LogP contribution in [0, 0.1) is 0 Å². The average Bonchev–Trinajstić information content (AvgIpc) is 3.46. The van der Waals surface area contributed by atoms with Crippen LogP contribution in [0.4, 0.5) is 0 Å². The lowest BCUT2D eigenvalue weighted by Crippen LogP contribution is -2.75. The van der Waals surface area contributed by atoms with E-state index in [1.54, 1.807) is 0 Å². The lowest BCUT2D eigenvalue weighted by molar-refractivity contribution is -0.164. The Morgan fingerprint density at radius 3 is 2.00 bits per heavy atom. The molecule has 3 aromatic rings. The third kappa shape index (κ3) is 6.24. The molecule has 2 atom stereocenters. The third-order valence-corrected chi connectivity index (χ3v) is 9.33. The molecule has 0 bridgehead atoms. The summed E-state index contributed by atoms with van der Waals surface area (Å²) in [6.07, 6.45) is 5.00. The number of likely N-dealkylation sites (tertiary alicyclic amines) is 2. The van der Waals surface area contributed by atoms with E-state index in [0.717, 1.165) is 64.1 Å². The Labute approximate surface area is 244 Å². The van der Waals surface area contributed by atoms with Gasteiger partial charge in [-0.3, -0.25) is 14.5 Å². The molecule has 0 aliphatic carbocycles. The Balaban J connectivity index is 1.16. The predicted molar refractivity (Wildman–Crippen MR) is 162 cm³/mol. The van der Waals surface area contributed by atoms with Crippen molar-refractivity contribution < 1.29 is 9.59 Å². The summed E-state index contributed by atoms with van der Waals surface area (Å²) in [6.45, 7) is 5.34. The molecule has 1 spiro atoms. The average molecular weight is 551 g/mol. The molecular weight excluding hydrogens is 508 g/mol. The number of rotatable bonds is 9. The van der Waals surface area contributed by atoms with Crippen molar-refractivity contribution in [2.75, 3.05) is 32.7 Å². The van der Waals surface area contributed by atoms with E-state index in [9.17, 15) is 9.59 Å². The molecule has 0 aromatic heterocycles. The fraction of sp³-hybridized carbons (Fsp3) is 0.429. The zero-order chi connectivity index (χ0) is 28.1. The standard InChI is InChI=1S/C35H42N4O2/c40-33-32(25-29-13-6-2-7-14-29)36-34(41)35(19-23-37(24-20-35)21-10-17-28-11-4-1-5-12-28)39(33)31-18-22-38(27-31)26-30-15-8-3-9-16-30/h1-9,11-16,31-32H,10,17-27H2,(H,36,41). The van der Waals surface area contributed by atoms with E-state index >= 15 is 0 Å². The van der Waals surface area contributed by atoms with Gasteiger partial charge < -0.3 is 15.1 Å². The number of hydrogen-bond acceptors (Lipinski definition) is 4. The molecule has 3 saturated heterocycles. The monoisotopic (exact) mass is 550 g/mol. The molecule has 2 amide bonds. The SMILES string of the molecule is O=C1C(Cc2ccccc2)NC(=O)C2(CCN(CCCc3ccccc3)CC2)N1C1CCN(Cc2ccccc2)C1. The Hall–Kier alpha value is -3.48. The first-order valence-electron chi connectivity index (χ1n) is 15.3. The van der Waals surface area contributed by atoms with Crippen molar-refractivity contribution >= 4 is 11.8 Å². The number of benzene rings is 3. The first kappa shape index (κ1) is 27.7. The first-order chi connectivity index (χ1) is 20.1. The van der Waals surface area contributed by atoms with Crippen molar-refractivity contribution in [2.24, 2.45) is 0 Å². The van der Waals surface area contributed by atoms with Crippen molar-refractivity contribution in [1.29, 1.82) is 0 Å². The van der Waals surface area contributed by atoms with Gasteiger partial charge in [-0.1, -0.05) is 91.0 Å². The number of nitrogens with zero attached hydrogens (tertiary/aromatic N) is 3. The topological polar surface area (TPSA) is 55.9 Å². The molecular formula is C35H42N4O2. The second-order valence-corrected chi connectivity index (χ2v) is 12.0. The normalized spacial score (nSPS) is 23.2. The van der Waals surface area contributed by atoms with Gasteiger partial charge >= 0.3 is 0 Å². The largest absolute Gasteiger partial charge is 0.342 e. The summed E-state index contributed by atoms with van der Waals surface area (Å²) in [6, 6.07) is 30.8. The molecule has 2 unspecified atom stereocenters. The lowest BCUT2D eigenvalue weighted by Gasteiger charge is -2.53. The number of nitrogens with one attached hydrogen (secondary N) is 1. The number of aryl methyl sites for hydroxylation is 1. The molecule has 6 rings (SSSR count). The number of amides is 2. The minimum atomic E-state index is -0.756. The highest BCUT2D eigenvalue weighted by Gasteiger charge is 2.56. The molecule has 0 saturated carbocycles. The van der Waals surface area contributed by atoms with E-state index in [1.807, 2.05) is 36.4 Å². The quantitative estimate of drug-likeness (QED) is 0.432. The summed E-state index contributed by atoms with van der Waals surface area (Å²) in [7, 11) is 0. The van der Waals surface area contributed by atoms with Crippen molar-refractivity contribution in [2.45, 2.75) is 62.7 Å². The number of piperidine rings is 1. The molecule has 214 valence electrons. The van der Waals surface area contributed by atoms with Crippen LogP contribution in [0.15, 0.2) is 91.0 Å². The fourth-order valence-corrected chi connectivity index (χ4v) is 7.13. The maximum Gasteiger partial charge on any atom is 0.246 e. The summed E-state index contributed by atoms with van der Waals surface area (Å²) in [4.78, 5) is 35.3. The van der Waals surface area contributed by atoms with Crippen LogP contribution >= 0.6 is 0 Å². The van der Waals surface area contributed by atoms with E-state index in [4.69, 9.17) is 0 Å². The maximum atomic E-state index is 14.3. The van der Waals surface area contributed by atoms with Crippen molar-refractivity contribution in [1.82, 2.24) is 20.0 Å². The van der Waals surface area contributed by atoms with Crippen LogP contribution in [0.3, 0.4) is 0 Å². The molecule has 3 heterocycles. The van der Waals surface area contributed by atoms with Crippen LogP contribution < -0.4 is 5.32 Å². The molecule has 1 N–H and O–H groups in total. The number of piperazine rings is 1. The van der Waals surface area contributed by atoms with Gasteiger partial charge in [0.05, 0.1) is 0 Å². The predicted octanol–water partition coefficient (Wildman–Crippen LogP) is 4.30. The van der Waals surface area contributed by atoms with E-state index in [2.05, 4.69) is 74.6 Å². The molecule has 0 radical (unpaired) electrons. The molecule has 3 aliphatic rings. The van der Waals surface area contributed by atoms with Gasteiger partial charge in [0.15, 0.2) is 0 Å². The smallest absolute Gasteiger partial charge is 0.246 e. The zero-order valence-electron chi connectivity index (χ0n) is 24.0. The third-order valence-electron chi connectivity index (χ3n) is 9.33. The summed E-state index contributed by atoms with van der Waals surface area (Å²) >= 11 is 0. The van der Waals surface area contributed by atoms with Crippen LogP contribution in [0.2, 0.25) is 0 Å². The van der Waals surface area contributed by atoms with Gasteiger partial charge in [-0.25, -0.2) is 0 Å². The van der Waals surface area contributed by atoms with Gasteiger partial charge in [0, 0.05) is 45.2 Å². The Bertz CT molecular complexity index is 1290. The summed E-state index contributed by atoms with van der Waals surface area (Å²) in [5.41, 5.74) is 2.98. The maximum absolute atomic E-state index is 14.3. The molecule has 3 aliphatic heterocycles. The summed E-state index contributed by atoms with van der Waals surface area (Å²) < 4.78 is 0. The summed E-state index contributed by atoms with van der Waals surface area (Å²) in [5, 5.41) is 3.20. The van der Waals surface area contributed by atoms with E-state index in [0.29, 0.717) is 19.3 Å². The van der Waals surface area contributed by atoms with Gasteiger partial charge in [0.2, 0.25) is 11.8 Å². The molecule has 41 heavy (non-hydrogen) atoms. The second-order valence-electron chi connectivity index (χ2n) is 12.0. The van der Waals surface area contributed by atoms with Crippen LogP contribution in [-0.2, 0) is 29.0 Å². The van der Waals surface area contributed by atoms with Crippen molar-refractivity contribution in [3.63, 3.8) is 0 Å².